The minimum absolute atomic E-state index is 0.332. The van der Waals surface area contributed by atoms with Gasteiger partial charge in [0.25, 0.3) is 0 Å². The van der Waals surface area contributed by atoms with E-state index in [0.717, 1.165) is 18.5 Å². The molecule has 0 saturated carbocycles. The first kappa shape index (κ1) is 12.7. The van der Waals surface area contributed by atoms with E-state index < -0.39 is 0 Å². The van der Waals surface area contributed by atoms with Crippen LogP contribution in [0.3, 0.4) is 0 Å². The predicted octanol–water partition coefficient (Wildman–Crippen LogP) is 3.11. The summed E-state index contributed by atoms with van der Waals surface area (Å²) in [6.07, 6.45) is 0.833. The fourth-order valence-corrected chi connectivity index (χ4v) is 1.97. The third-order valence-corrected chi connectivity index (χ3v) is 3.02. The van der Waals surface area contributed by atoms with E-state index in [9.17, 15) is 5.11 Å². The third kappa shape index (κ3) is 3.60. The summed E-state index contributed by atoms with van der Waals surface area (Å²) >= 11 is 0. The van der Waals surface area contributed by atoms with Gasteiger partial charge in [-0.15, -0.1) is 0 Å². The normalized spacial score (nSPS) is 12.3. The zero-order valence-electron chi connectivity index (χ0n) is 10.6. The Labute approximate surface area is 108 Å². The monoisotopic (exact) mass is 241 g/mol. The van der Waals surface area contributed by atoms with Crippen LogP contribution in [0.1, 0.15) is 18.1 Å². The van der Waals surface area contributed by atoms with Crippen molar-refractivity contribution >= 4 is 0 Å². The van der Waals surface area contributed by atoms with Crippen LogP contribution < -0.4 is 5.32 Å². The van der Waals surface area contributed by atoms with Gasteiger partial charge in [0.05, 0.1) is 0 Å². The Morgan fingerprint density at radius 2 is 1.67 bits per heavy atom. The summed E-state index contributed by atoms with van der Waals surface area (Å²) in [5.41, 5.74) is 2.27. The molecule has 0 aliphatic heterocycles. The van der Waals surface area contributed by atoms with Gasteiger partial charge in [-0.2, -0.15) is 0 Å². The molecule has 94 valence electrons. The molecule has 0 radical (unpaired) electrons. The minimum atomic E-state index is 0.332. The predicted molar refractivity (Wildman–Crippen MR) is 74.6 cm³/mol. The largest absolute Gasteiger partial charge is 0.508 e. The van der Waals surface area contributed by atoms with Gasteiger partial charge >= 0.3 is 0 Å². The van der Waals surface area contributed by atoms with E-state index in [1.54, 1.807) is 6.07 Å². The number of para-hydroxylation sites is 1. The summed E-state index contributed by atoms with van der Waals surface area (Å²) in [5.74, 6) is 0.380. The van der Waals surface area contributed by atoms with Crippen molar-refractivity contribution in [1.82, 2.24) is 5.32 Å². The standard InChI is InChI=1S/C16H19NO/c1-13(11-15-9-5-6-10-16(15)18)17-12-14-7-3-2-4-8-14/h2-10,13,17-18H,11-12H2,1H3. The van der Waals surface area contributed by atoms with Crippen LogP contribution >= 0.6 is 0 Å². The molecule has 1 atom stereocenters. The summed E-state index contributed by atoms with van der Waals surface area (Å²) in [5, 5.41) is 13.2. The van der Waals surface area contributed by atoms with Crippen molar-refractivity contribution in [2.75, 3.05) is 0 Å². The van der Waals surface area contributed by atoms with E-state index >= 15 is 0 Å². The van der Waals surface area contributed by atoms with Crippen LogP contribution in [0.2, 0.25) is 0 Å². The Hall–Kier alpha value is -1.80. The molecule has 2 nitrogen and oxygen atoms in total. The highest BCUT2D eigenvalue weighted by molar-refractivity contribution is 5.32. The first-order valence-electron chi connectivity index (χ1n) is 6.30. The maximum atomic E-state index is 9.72. The fraction of sp³-hybridized carbons (Fsp3) is 0.250. The van der Waals surface area contributed by atoms with E-state index in [1.165, 1.54) is 5.56 Å². The fourth-order valence-electron chi connectivity index (χ4n) is 1.97. The van der Waals surface area contributed by atoms with Gasteiger partial charge in [0.15, 0.2) is 0 Å². The minimum Gasteiger partial charge on any atom is -0.508 e. The average Bonchev–Trinajstić information content (AvgIpc) is 2.40. The summed E-state index contributed by atoms with van der Waals surface area (Å²) in [6.45, 7) is 2.99. The number of phenolic OH excluding ortho intramolecular Hbond substituents is 1. The van der Waals surface area contributed by atoms with Gasteiger partial charge in [-0.05, 0) is 30.5 Å². The molecule has 0 bridgehead atoms. The second-order valence-corrected chi connectivity index (χ2v) is 4.60. The van der Waals surface area contributed by atoms with E-state index in [-0.39, 0.29) is 0 Å². The first-order valence-corrected chi connectivity index (χ1v) is 6.30. The summed E-state index contributed by atoms with van der Waals surface area (Å²) in [6, 6.07) is 18.2. The molecule has 1 unspecified atom stereocenters. The zero-order valence-corrected chi connectivity index (χ0v) is 10.6. The summed E-state index contributed by atoms with van der Waals surface area (Å²) in [7, 11) is 0. The van der Waals surface area contributed by atoms with E-state index in [4.69, 9.17) is 0 Å². The molecule has 18 heavy (non-hydrogen) atoms. The lowest BCUT2D eigenvalue weighted by Gasteiger charge is -2.14. The Kier molecular flexibility index (Phi) is 4.37. The molecule has 0 heterocycles. The lowest BCUT2D eigenvalue weighted by atomic mass is 10.1. The molecular weight excluding hydrogens is 222 g/mol. The molecular formula is C16H19NO. The van der Waals surface area contributed by atoms with E-state index in [2.05, 4.69) is 24.4 Å². The first-order chi connectivity index (χ1) is 8.75. The Morgan fingerprint density at radius 3 is 2.39 bits per heavy atom. The molecule has 0 fully saturated rings. The number of aromatic hydroxyl groups is 1. The third-order valence-electron chi connectivity index (χ3n) is 3.02. The van der Waals surface area contributed by atoms with Crippen molar-refractivity contribution in [3.05, 3.63) is 65.7 Å². The van der Waals surface area contributed by atoms with Crippen molar-refractivity contribution in [2.24, 2.45) is 0 Å². The second kappa shape index (κ2) is 6.22. The van der Waals surface area contributed by atoms with Crippen LogP contribution in [0, 0.1) is 0 Å². The molecule has 2 heteroatoms. The van der Waals surface area contributed by atoms with Crippen LogP contribution in [0.15, 0.2) is 54.6 Å². The number of benzene rings is 2. The highest BCUT2D eigenvalue weighted by Gasteiger charge is 2.06. The number of hydrogen-bond acceptors (Lipinski definition) is 2. The average molecular weight is 241 g/mol. The summed E-state index contributed by atoms with van der Waals surface area (Å²) < 4.78 is 0. The lowest BCUT2D eigenvalue weighted by molar-refractivity contribution is 0.459. The molecule has 0 spiro atoms. The van der Waals surface area contributed by atoms with Gasteiger partial charge in [0.2, 0.25) is 0 Å². The molecule has 0 saturated heterocycles. The van der Waals surface area contributed by atoms with Crippen LogP contribution in [-0.4, -0.2) is 11.1 Å². The highest BCUT2D eigenvalue weighted by Crippen LogP contribution is 2.17. The van der Waals surface area contributed by atoms with E-state index in [0.29, 0.717) is 11.8 Å². The molecule has 2 N–H and O–H groups in total. The topological polar surface area (TPSA) is 32.3 Å². The molecule has 2 aromatic rings. The van der Waals surface area contributed by atoms with Crippen molar-refractivity contribution in [3.63, 3.8) is 0 Å². The SMILES string of the molecule is CC(Cc1ccccc1O)NCc1ccccc1. The lowest BCUT2D eigenvalue weighted by Crippen LogP contribution is -2.27. The van der Waals surface area contributed by atoms with Crippen molar-refractivity contribution < 1.29 is 5.11 Å². The summed E-state index contributed by atoms with van der Waals surface area (Å²) in [4.78, 5) is 0. The van der Waals surface area contributed by atoms with Crippen LogP contribution in [0.5, 0.6) is 5.75 Å². The van der Waals surface area contributed by atoms with E-state index in [1.807, 2.05) is 36.4 Å². The van der Waals surface area contributed by atoms with Crippen LogP contribution in [0.25, 0.3) is 0 Å². The van der Waals surface area contributed by atoms with Crippen molar-refractivity contribution in [3.8, 4) is 5.75 Å². The quantitative estimate of drug-likeness (QED) is 0.843. The van der Waals surface area contributed by atoms with Gasteiger partial charge in [-0.25, -0.2) is 0 Å². The van der Waals surface area contributed by atoms with Gasteiger partial charge in [0.1, 0.15) is 5.75 Å². The van der Waals surface area contributed by atoms with Gasteiger partial charge in [0, 0.05) is 12.6 Å². The zero-order chi connectivity index (χ0) is 12.8. The second-order valence-electron chi connectivity index (χ2n) is 4.60. The van der Waals surface area contributed by atoms with Gasteiger partial charge in [-0.1, -0.05) is 48.5 Å². The molecule has 0 aliphatic rings. The van der Waals surface area contributed by atoms with Gasteiger partial charge in [-0.3, -0.25) is 0 Å². The maximum Gasteiger partial charge on any atom is 0.118 e. The highest BCUT2D eigenvalue weighted by atomic mass is 16.3. The number of phenols is 1. The molecule has 2 rings (SSSR count). The molecule has 0 aliphatic carbocycles. The Balaban J connectivity index is 1.86. The Bertz CT molecular complexity index is 481. The molecule has 2 aromatic carbocycles. The van der Waals surface area contributed by atoms with Crippen LogP contribution in [-0.2, 0) is 13.0 Å². The van der Waals surface area contributed by atoms with Gasteiger partial charge < -0.3 is 10.4 Å². The number of rotatable bonds is 5. The molecule has 0 aromatic heterocycles. The number of nitrogens with one attached hydrogen (secondary N) is 1. The maximum absolute atomic E-state index is 9.72. The van der Waals surface area contributed by atoms with Crippen LogP contribution in [0.4, 0.5) is 0 Å². The smallest absolute Gasteiger partial charge is 0.118 e. The Morgan fingerprint density at radius 1 is 1.00 bits per heavy atom. The molecule has 0 amide bonds. The number of hydrogen-bond donors (Lipinski definition) is 2. The van der Waals surface area contributed by atoms with Crippen molar-refractivity contribution in [2.45, 2.75) is 25.9 Å². The van der Waals surface area contributed by atoms with Crippen molar-refractivity contribution in [1.29, 1.82) is 0 Å².